The number of nitrogens with one attached hydrogen (secondary N) is 1. The summed E-state index contributed by atoms with van der Waals surface area (Å²) in [6, 6.07) is 9.02. The average molecular weight is 403 g/mol. The zero-order valence-electron chi connectivity index (χ0n) is 17.3. The van der Waals surface area contributed by atoms with Crippen molar-refractivity contribution in [1.29, 1.82) is 0 Å². The van der Waals surface area contributed by atoms with E-state index < -0.39 is 0 Å². The van der Waals surface area contributed by atoms with E-state index in [1.165, 1.54) is 0 Å². The molecule has 0 aliphatic carbocycles. The summed E-state index contributed by atoms with van der Waals surface area (Å²) in [6.07, 6.45) is 4.94. The van der Waals surface area contributed by atoms with Gasteiger partial charge in [-0.05, 0) is 62.9 Å². The summed E-state index contributed by atoms with van der Waals surface area (Å²) in [6.45, 7) is 5.84. The van der Waals surface area contributed by atoms with Gasteiger partial charge in [0.25, 0.3) is 11.8 Å². The van der Waals surface area contributed by atoms with E-state index >= 15 is 0 Å². The number of likely N-dealkylation sites (tertiary alicyclic amines) is 1. The fraction of sp³-hybridized carbons (Fsp3) is 0.348. The molecule has 0 unspecified atom stereocenters. The molecule has 7 heteroatoms. The van der Waals surface area contributed by atoms with Crippen molar-refractivity contribution in [2.24, 2.45) is 5.92 Å². The van der Waals surface area contributed by atoms with Crippen LogP contribution in [0.1, 0.15) is 44.9 Å². The number of aromatic nitrogens is 3. The van der Waals surface area contributed by atoms with Crippen LogP contribution in [0.4, 0.5) is 0 Å². The summed E-state index contributed by atoms with van der Waals surface area (Å²) < 4.78 is 0. The molecule has 1 fully saturated rings. The highest BCUT2D eigenvalue weighted by Crippen LogP contribution is 2.21. The number of hydrogen-bond acceptors (Lipinski definition) is 5. The van der Waals surface area contributed by atoms with Crippen molar-refractivity contribution in [1.82, 2.24) is 25.2 Å². The first-order valence-corrected chi connectivity index (χ1v) is 10.2. The molecule has 7 nitrogen and oxygen atoms in total. The van der Waals surface area contributed by atoms with Crippen molar-refractivity contribution < 1.29 is 9.59 Å². The monoisotopic (exact) mass is 403 g/mol. The second kappa shape index (κ2) is 8.57. The number of benzene rings is 1. The minimum absolute atomic E-state index is 0.0229. The van der Waals surface area contributed by atoms with Gasteiger partial charge in [-0.2, -0.15) is 0 Å². The molecule has 4 rings (SSSR count). The molecule has 3 heterocycles. The third-order valence-electron chi connectivity index (χ3n) is 5.70. The Kier molecular flexibility index (Phi) is 5.70. The standard InChI is InChI=1S/C23H25N5O2/c1-15-16(2)27-21-12-18(5-6-20(21)26-15)23(30)28-10-7-17(8-11-28)13-25-22(29)19-4-3-9-24-14-19/h3-6,9,12,14,17H,7-8,10-11,13H2,1-2H3,(H,25,29). The maximum atomic E-state index is 13.0. The first-order valence-electron chi connectivity index (χ1n) is 10.2. The molecule has 30 heavy (non-hydrogen) atoms. The number of carbonyl (C=O) groups is 2. The Morgan fingerprint density at radius 1 is 1.03 bits per heavy atom. The second-order valence-corrected chi connectivity index (χ2v) is 7.79. The summed E-state index contributed by atoms with van der Waals surface area (Å²) in [7, 11) is 0. The number of piperidine rings is 1. The van der Waals surface area contributed by atoms with E-state index in [1.54, 1.807) is 24.5 Å². The van der Waals surface area contributed by atoms with Crippen molar-refractivity contribution in [2.75, 3.05) is 19.6 Å². The van der Waals surface area contributed by atoms with E-state index in [0.717, 1.165) is 35.3 Å². The van der Waals surface area contributed by atoms with Crippen molar-refractivity contribution in [2.45, 2.75) is 26.7 Å². The molecule has 154 valence electrons. The van der Waals surface area contributed by atoms with Gasteiger partial charge in [-0.3, -0.25) is 14.6 Å². The molecule has 2 aromatic heterocycles. The predicted octanol–water partition coefficient (Wildman–Crippen LogP) is 2.92. The van der Waals surface area contributed by atoms with Gasteiger partial charge in [0.2, 0.25) is 0 Å². The molecule has 1 N–H and O–H groups in total. The average Bonchev–Trinajstić information content (AvgIpc) is 2.78. The van der Waals surface area contributed by atoms with E-state index in [9.17, 15) is 9.59 Å². The zero-order chi connectivity index (χ0) is 21.1. The molecule has 1 saturated heterocycles. The highest BCUT2D eigenvalue weighted by molar-refractivity contribution is 5.97. The topological polar surface area (TPSA) is 88.1 Å². The zero-order valence-corrected chi connectivity index (χ0v) is 17.3. The van der Waals surface area contributed by atoms with Gasteiger partial charge in [0.1, 0.15) is 0 Å². The maximum absolute atomic E-state index is 13.0. The fourth-order valence-corrected chi connectivity index (χ4v) is 3.72. The van der Waals surface area contributed by atoms with Crippen molar-refractivity contribution in [3.8, 4) is 0 Å². The number of hydrogen-bond donors (Lipinski definition) is 1. The number of amides is 2. The lowest BCUT2D eigenvalue weighted by Gasteiger charge is -2.32. The third-order valence-corrected chi connectivity index (χ3v) is 5.70. The molecule has 2 amide bonds. The Labute approximate surface area is 175 Å². The quantitative estimate of drug-likeness (QED) is 0.724. The van der Waals surface area contributed by atoms with E-state index in [2.05, 4.69) is 20.3 Å². The summed E-state index contributed by atoms with van der Waals surface area (Å²) >= 11 is 0. The smallest absolute Gasteiger partial charge is 0.253 e. The minimum atomic E-state index is -0.107. The van der Waals surface area contributed by atoms with Crippen LogP contribution in [0.3, 0.4) is 0 Å². The van der Waals surface area contributed by atoms with Gasteiger partial charge in [-0.1, -0.05) is 0 Å². The Hall–Kier alpha value is -3.35. The fourth-order valence-electron chi connectivity index (χ4n) is 3.72. The Morgan fingerprint density at radius 3 is 2.47 bits per heavy atom. The molecule has 0 bridgehead atoms. The maximum Gasteiger partial charge on any atom is 0.253 e. The molecule has 0 atom stereocenters. The highest BCUT2D eigenvalue weighted by Gasteiger charge is 2.24. The van der Waals surface area contributed by atoms with Gasteiger partial charge in [0.15, 0.2) is 0 Å². The first-order chi connectivity index (χ1) is 14.5. The number of pyridine rings is 1. The van der Waals surface area contributed by atoms with Gasteiger partial charge < -0.3 is 10.2 Å². The lowest BCUT2D eigenvalue weighted by Crippen LogP contribution is -2.41. The molecule has 0 radical (unpaired) electrons. The highest BCUT2D eigenvalue weighted by atomic mass is 16.2. The van der Waals surface area contributed by atoms with Gasteiger partial charge in [0, 0.05) is 37.6 Å². The number of fused-ring (bicyclic) bond motifs is 1. The molecule has 1 aliphatic rings. The normalized spacial score (nSPS) is 14.7. The number of nitrogens with zero attached hydrogens (tertiary/aromatic N) is 4. The lowest BCUT2D eigenvalue weighted by atomic mass is 9.96. The van der Waals surface area contributed by atoms with E-state index in [0.29, 0.717) is 36.7 Å². The van der Waals surface area contributed by atoms with Gasteiger partial charge in [0.05, 0.1) is 28.0 Å². The van der Waals surface area contributed by atoms with Gasteiger partial charge in [-0.15, -0.1) is 0 Å². The second-order valence-electron chi connectivity index (χ2n) is 7.79. The van der Waals surface area contributed by atoms with Crippen LogP contribution >= 0.6 is 0 Å². The van der Waals surface area contributed by atoms with Crippen LogP contribution in [0.25, 0.3) is 11.0 Å². The Bertz CT molecular complexity index is 1080. The van der Waals surface area contributed by atoms with Crippen molar-refractivity contribution >= 4 is 22.8 Å². The molecule has 1 aliphatic heterocycles. The summed E-state index contributed by atoms with van der Waals surface area (Å²) in [4.78, 5) is 40.1. The number of aryl methyl sites for hydroxylation is 2. The van der Waals surface area contributed by atoms with Crippen LogP contribution in [-0.4, -0.2) is 51.3 Å². The molecule has 3 aromatic rings. The van der Waals surface area contributed by atoms with E-state index in [1.807, 2.05) is 36.9 Å². The Morgan fingerprint density at radius 2 is 1.77 bits per heavy atom. The summed E-state index contributed by atoms with van der Waals surface area (Å²) in [5.74, 6) is 0.280. The van der Waals surface area contributed by atoms with Crippen LogP contribution in [0.5, 0.6) is 0 Å². The van der Waals surface area contributed by atoms with Gasteiger partial charge in [-0.25, -0.2) is 9.97 Å². The molecular formula is C23H25N5O2. The molecule has 0 saturated carbocycles. The van der Waals surface area contributed by atoms with Crippen molar-refractivity contribution in [3.63, 3.8) is 0 Å². The first kappa shape index (κ1) is 19.9. The summed E-state index contributed by atoms with van der Waals surface area (Å²) in [5, 5.41) is 2.98. The SMILES string of the molecule is Cc1nc2ccc(C(=O)N3CCC(CNC(=O)c4cccnc4)CC3)cc2nc1C. The molecule has 0 spiro atoms. The van der Waals surface area contributed by atoms with Crippen LogP contribution in [0.2, 0.25) is 0 Å². The van der Waals surface area contributed by atoms with Crippen LogP contribution in [0.15, 0.2) is 42.7 Å². The van der Waals surface area contributed by atoms with Crippen LogP contribution in [0, 0.1) is 19.8 Å². The van der Waals surface area contributed by atoms with Crippen LogP contribution in [-0.2, 0) is 0 Å². The van der Waals surface area contributed by atoms with E-state index in [-0.39, 0.29) is 11.8 Å². The molecular weight excluding hydrogens is 378 g/mol. The minimum Gasteiger partial charge on any atom is -0.352 e. The van der Waals surface area contributed by atoms with E-state index in [4.69, 9.17) is 0 Å². The Balaban J connectivity index is 1.33. The van der Waals surface area contributed by atoms with Gasteiger partial charge >= 0.3 is 0 Å². The number of rotatable bonds is 4. The summed E-state index contributed by atoms with van der Waals surface area (Å²) in [5.41, 5.74) is 4.54. The predicted molar refractivity (Wildman–Crippen MR) is 114 cm³/mol. The third kappa shape index (κ3) is 4.30. The molecule has 1 aromatic carbocycles. The number of carbonyl (C=O) groups excluding carboxylic acids is 2. The van der Waals surface area contributed by atoms with Crippen LogP contribution < -0.4 is 5.32 Å². The largest absolute Gasteiger partial charge is 0.352 e. The van der Waals surface area contributed by atoms with Crippen molar-refractivity contribution in [3.05, 3.63) is 65.2 Å². The lowest BCUT2D eigenvalue weighted by molar-refractivity contribution is 0.0684.